The zero-order valence-corrected chi connectivity index (χ0v) is 17.1. The molecule has 3 amide bonds. The van der Waals surface area contributed by atoms with Gasteiger partial charge in [-0.1, -0.05) is 17.7 Å². The molecule has 1 N–H and O–H groups in total. The molecule has 0 spiro atoms. The molecule has 27 heavy (non-hydrogen) atoms. The summed E-state index contributed by atoms with van der Waals surface area (Å²) in [6.45, 7) is 8.51. The number of methoxy groups -OCH3 is 1. The highest BCUT2D eigenvalue weighted by Crippen LogP contribution is 2.32. The number of carbonyl (C=O) groups excluding carboxylic acids is 2. The first-order valence-electron chi connectivity index (χ1n) is 9.38. The number of nitrogens with zero attached hydrogens (tertiary/aromatic N) is 3. The molecule has 1 saturated heterocycles. The van der Waals surface area contributed by atoms with Gasteiger partial charge in [0.1, 0.15) is 0 Å². The minimum Gasteiger partial charge on any atom is -0.493 e. The Morgan fingerprint density at radius 2 is 1.93 bits per heavy atom. The monoisotopic (exact) mass is 396 g/mol. The molecule has 0 saturated carbocycles. The van der Waals surface area contributed by atoms with Crippen molar-refractivity contribution >= 4 is 29.2 Å². The van der Waals surface area contributed by atoms with Crippen molar-refractivity contribution in [3.8, 4) is 5.75 Å². The van der Waals surface area contributed by atoms with Crippen LogP contribution in [0.3, 0.4) is 0 Å². The summed E-state index contributed by atoms with van der Waals surface area (Å²) >= 11 is 6.11. The van der Waals surface area contributed by atoms with Crippen LogP contribution < -0.4 is 10.1 Å². The summed E-state index contributed by atoms with van der Waals surface area (Å²) in [5.41, 5.74) is 0.549. The van der Waals surface area contributed by atoms with Crippen LogP contribution >= 0.6 is 11.6 Å². The van der Waals surface area contributed by atoms with Crippen molar-refractivity contribution in [1.82, 2.24) is 14.7 Å². The summed E-state index contributed by atoms with van der Waals surface area (Å²) in [5, 5.41) is 3.33. The Bertz CT molecular complexity index is 652. The molecule has 0 radical (unpaired) electrons. The largest absolute Gasteiger partial charge is 0.493 e. The Kier molecular flexibility index (Phi) is 8.19. The van der Waals surface area contributed by atoms with Crippen LogP contribution in [0.4, 0.5) is 10.5 Å². The molecule has 1 aromatic rings. The molecule has 1 fully saturated rings. The van der Waals surface area contributed by atoms with Gasteiger partial charge in [0.25, 0.3) is 0 Å². The van der Waals surface area contributed by atoms with Gasteiger partial charge in [0, 0.05) is 39.3 Å². The van der Waals surface area contributed by atoms with Crippen molar-refractivity contribution in [3.05, 3.63) is 23.2 Å². The number of hydrogen-bond donors (Lipinski definition) is 1. The Hall–Kier alpha value is -1.99. The van der Waals surface area contributed by atoms with Gasteiger partial charge in [-0.3, -0.25) is 9.69 Å². The van der Waals surface area contributed by atoms with Gasteiger partial charge in [-0.2, -0.15) is 0 Å². The van der Waals surface area contributed by atoms with Crippen LogP contribution in [0, 0.1) is 0 Å². The lowest BCUT2D eigenvalue weighted by molar-refractivity contribution is -0.132. The second-order valence-electron chi connectivity index (χ2n) is 6.43. The van der Waals surface area contributed by atoms with Crippen LogP contribution in [-0.2, 0) is 4.79 Å². The number of carbonyl (C=O) groups is 2. The molecular formula is C19H29ClN4O3. The number of benzene rings is 1. The standard InChI is InChI=1S/C19H29ClN4O3/c1-4-23(5-2)17(25)14-22-10-7-11-24(13-12-22)19(26)21-16-9-6-8-15(20)18(16)27-3/h6,8-9H,4-5,7,10-14H2,1-3H3,(H,21,26). The lowest BCUT2D eigenvalue weighted by atomic mass is 10.3. The summed E-state index contributed by atoms with van der Waals surface area (Å²) in [4.78, 5) is 30.7. The van der Waals surface area contributed by atoms with Gasteiger partial charge in [-0.05, 0) is 32.4 Å². The first-order valence-corrected chi connectivity index (χ1v) is 9.76. The molecule has 0 atom stereocenters. The molecule has 1 aliphatic rings. The van der Waals surface area contributed by atoms with E-state index in [1.165, 1.54) is 7.11 Å². The van der Waals surface area contributed by atoms with E-state index in [1.54, 1.807) is 23.1 Å². The van der Waals surface area contributed by atoms with Crippen LogP contribution in [-0.4, -0.2) is 79.6 Å². The van der Waals surface area contributed by atoms with Crippen molar-refractivity contribution in [2.45, 2.75) is 20.3 Å². The van der Waals surface area contributed by atoms with E-state index in [0.29, 0.717) is 42.6 Å². The van der Waals surface area contributed by atoms with Gasteiger partial charge in [-0.25, -0.2) is 4.79 Å². The molecule has 150 valence electrons. The summed E-state index contributed by atoms with van der Waals surface area (Å²) < 4.78 is 5.28. The van der Waals surface area contributed by atoms with Crippen molar-refractivity contribution in [1.29, 1.82) is 0 Å². The lowest BCUT2D eigenvalue weighted by Crippen LogP contribution is -2.42. The average Bonchev–Trinajstić information content (AvgIpc) is 2.88. The first kappa shape index (κ1) is 21.3. The lowest BCUT2D eigenvalue weighted by Gasteiger charge is -2.25. The molecular weight excluding hydrogens is 368 g/mol. The summed E-state index contributed by atoms with van der Waals surface area (Å²) in [6, 6.07) is 5.05. The number of nitrogens with one attached hydrogen (secondary N) is 1. The molecule has 0 bridgehead atoms. The number of anilines is 1. The highest BCUT2D eigenvalue weighted by atomic mass is 35.5. The quantitative estimate of drug-likeness (QED) is 0.803. The topological polar surface area (TPSA) is 65.1 Å². The molecule has 1 aliphatic heterocycles. The van der Waals surface area contributed by atoms with Crippen molar-refractivity contribution in [2.24, 2.45) is 0 Å². The Balaban J connectivity index is 1.93. The van der Waals surface area contributed by atoms with Crippen molar-refractivity contribution in [3.63, 3.8) is 0 Å². The highest BCUT2D eigenvalue weighted by Gasteiger charge is 2.22. The zero-order chi connectivity index (χ0) is 19.8. The molecule has 8 heteroatoms. The van der Waals surface area contributed by atoms with Gasteiger partial charge in [0.05, 0.1) is 24.4 Å². The van der Waals surface area contributed by atoms with Crippen molar-refractivity contribution in [2.75, 3.05) is 58.2 Å². The average molecular weight is 397 g/mol. The predicted molar refractivity (Wildman–Crippen MR) is 108 cm³/mol. The number of halogens is 1. The SMILES string of the molecule is CCN(CC)C(=O)CN1CCCN(C(=O)Nc2cccc(Cl)c2OC)CC1. The van der Waals surface area contributed by atoms with Crippen LogP contribution in [0.2, 0.25) is 5.02 Å². The number of likely N-dealkylation sites (N-methyl/N-ethyl adjacent to an activating group) is 1. The fourth-order valence-corrected chi connectivity index (χ4v) is 3.46. The zero-order valence-electron chi connectivity index (χ0n) is 16.3. The fraction of sp³-hybridized carbons (Fsp3) is 0.579. The number of para-hydroxylation sites is 1. The predicted octanol–water partition coefficient (Wildman–Crippen LogP) is 2.76. The molecule has 0 aliphatic carbocycles. The summed E-state index contributed by atoms with van der Waals surface area (Å²) in [5.74, 6) is 0.593. The van der Waals surface area contributed by atoms with Crippen LogP contribution in [0.1, 0.15) is 20.3 Å². The maximum absolute atomic E-state index is 12.7. The van der Waals surface area contributed by atoms with Crippen molar-refractivity contribution < 1.29 is 14.3 Å². The molecule has 2 rings (SSSR count). The Morgan fingerprint density at radius 1 is 1.19 bits per heavy atom. The fourth-order valence-electron chi connectivity index (χ4n) is 3.21. The van der Waals surface area contributed by atoms with Gasteiger partial charge >= 0.3 is 6.03 Å². The third kappa shape index (κ3) is 5.74. The molecule has 0 aromatic heterocycles. The van der Waals surface area contributed by atoms with Gasteiger partial charge in [-0.15, -0.1) is 0 Å². The van der Waals surface area contributed by atoms with Gasteiger partial charge in [0.15, 0.2) is 5.75 Å². The minimum absolute atomic E-state index is 0.140. The number of hydrogen-bond acceptors (Lipinski definition) is 4. The molecule has 1 heterocycles. The molecule has 0 unspecified atom stereocenters. The van der Waals surface area contributed by atoms with E-state index >= 15 is 0 Å². The molecule has 7 nitrogen and oxygen atoms in total. The third-order valence-electron chi connectivity index (χ3n) is 4.76. The van der Waals surface area contributed by atoms with E-state index in [0.717, 1.165) is 26.1 Å². The van der Waals surface area contributed by atoms with E-state index in [2.05, 4.69) is 10.2 Å². The number of urea groups is 1. The highest BCUT2D eigenvalue weighted by molar-refractivity contribution is 6.32. The minimum atomic E-state index is -0.188. The van der Waals surface area contributed by atoms with E-state index < -0.39 is 0 Å². The van der Waals surface area contributed by atoms with Gasteiger partial charge in [0.2, 0.25) is 5.91 Å². The second-order valence-corrected chi connectivity index (χ2v) is 6.84. The maximum Gasteiger partial charge on any atom is 0.321 e. The summed E-state index contributed by atoms with van der Waals surface area (Å²) in [6.07, 6.45) is 0.825. The van der Waals surface area contributed by atoms with Crippen LogP contribution in [0.15, 0.2) is 18.2 Å². The number of ether oxygens (including phenoxy) is 1. The van der Waals surface area contributed by atoms with Gasteiger partial charge < -0.3 is 19.9 Å². The van der Waals surface area contributed by atoms with E-state index in [1.807, 2.05) is 18.7 Å². The number of amides is 3. The van der Waals surface area contributed by atoms with E-state index in [4.69, 9.17) is 16.3 Å². The van der Waals surface area contributed by atoms with Crippen LogP contribution in [0.25, 0.3) is 0 Å². The smallest absolute Gasteiger partial charge is 0.321 e. The second kappa shape index (κ2) is 10.4. The van der Waals surface area contributed by atoms with E-state index in [9.17, 15) is 9.59 Å². The first-order chi connectivity index (χ1) is 13.0. The Morgan fingerprint density at radius 3 is 2.59 bits per heavy atom. The van der Waals surface area contributed by atoms with Crippen LogP contribution in [0.5, 0.6) is 5.75 Å². The Labute approximate surface area is 166 Å². The molecule has 1 aromatic carbocycles. The summed E-state index contributed by atoms with van der Waals surface area (Å²) in [7, 11) is 1.52. The third-order valence-corrected chi connectivity index (χ3v) is 5.06. The van der Waals surface area contributed by atoms with E-state index in [-0.39, 0.29) is 11.9 Å². The normalized spacial score (nSPS) is 15.2. The maximum atomic E-state index is 12.7. The number of rotatable bonds is 6.